The van der Waals surface area contributed by atoms with E-state index in [9.17, 15) is 23.1 Å². The summed E-state index contributed by atoms with van der Waals surface area (Å²) in [6.07, 6.45) is -4.94. The lowest BCUT2D eigenvalue weighted by atomic mass is 9.91. The molecule has 124 valence electrons. The maximum atomic E-state index is 12.7. The first kappa shape index (κ1) is 17.1. The topological polar surface area (TPSA) is 52.6 Å². The van der Waals surface area contributed by atoms with Gasteiger partial charge in [0.2, 0.25) is 0 Å². The molecule has 4 nitrogen and oxygen atoms in total. The molecular formula is C14H19F3N2O2S. The van der Waals surface area contributed by atoms with Crippen molar-refractivity contribution in [2.75, 3.05) is 13.1 Å². The first-order valence-corrected chi connectivity index (χ1v) is 8.01. The van der Waals surface area contributed by atoms with Gasteiger partial charge in [-0.15, -0.1) is 0 Å². The Bertz CT molecular complexity index is 497. The highest BCUT2D eigenvalue weighted by Crippen LogP contribution is 2.38. The number of piperidine rings is 1. The molecule has 0 aromatic carbocycles. The minimum atomic E-state index is -4.65. The number of rotatable bonds is 3. The van der Waals surface area contributed by atoms with E-state index in [-0.39, 0.29) is 25.2 Å². The molecule has 1 atom stereocenters. The average Bonchev–Trinajstić information content (AvgIpc) is 2.90. The van der Waals surface area contributed by atoms with Gasteiger partial charge in [-0.3, -0.25) is 0 Å². The van der Waals surface area contributed by atoms with Gasteiger partial charge in [0, 0.05) is 32.0 Å². The molecule has 1 aliphatic heterocycles. The number of likely N-dealkylation sites (tertiary alicyclic amines) is 1. The van der Waals surface area contributed by atoms with Gasteiger partial charge in [-0.1, -0.05) is 0 Å². The zero-order chi connectivity index (χ0) is 16.4. The molecule has 1 saturated heterocycles. The molecule has 2 heterocycles. The third-order valence-electron chi connectivity index (χ3n) is 3.90. The van der Waals surface area contributed by atoms with E-state index in [2.05, 4.69) is 5.32 Å². The van der Waals surface area contributed by atoms with Gasteiger partial charge in [0.05, 0.1) is 0 Å². The number of nitrogens with one attached hydrogen (secondary N) is 1. The fraction of sp³-hybridized carbons (Fsp3) is 0.643. The van der Waals surface area contributed by atoms with E-state index in [4.69, 9.17) is 0 Å². The summed E-state index contributed by atoms with van der Waals surface area (Å²) >= 11 is 1.57. The number of aliphatic hydroxyl groups is 1. The van der Waals surface area contributed by atoms with E-state index in [1.54, 1.807) is 11.3 Å². The first-order valence-electron chi connectivity index (χ1n) is 7.07. The Kier molecular flexibility index (Phi) is 5.01. The molecule has 1 aliphatic rings. The Morgan fingerprint density at radius 3 is 2.64 bits per heavy atom. The van der Waals surface area contributed by atoms with Crippen LogP contribution in [0.25, 0.3) is 0 Å². The molecule has 1 aromatic heterocycles. The zero-order valence-corrected chi connectivity index (χ0v) is 13.0. The second-order valence-electron chi connectivity index (χ2n) is 5.70. The lowest BCUT2D eigenvalue weighted by molar-refractivity contribution is -0.271. The van der Waals surface area contributed by atoms with Gasteiger partial charge in [0.15, 0.2) is 5.60 Å². The van der Waals surface area contributed by atoms with Crippen molar-refractivity contribution >= 4 is 17.4 Å². The quantitative estimate of drug-likeness (QED) is 0.892. The molecule has 0 aliphatic carbocycles. The van der Waals surface area contributed by atoms with Crippen molar-refractivity contribution in [2.24, 2.45) is 0 Å². The van der Waals surface area contributed by atoms with Crippen LogP contribution < -0.4 is 5.32 Å². The summed E-state index contributed by atoms with van der Waals surface area (Å²) in [5.74, 6) is 0. The molecule has 1 fully saturated rings. The number of carbonyl (C=O) groups excluding carboxylic acids is 1. The monoisotopic (exact) mass is 336 g/mol. The Morgan fingerprint density at radius 1 is 1.50 bits per heavy atom. The van der Waals surface area contributed by atoms with E-state index < -0.39 is 24.6 Å². The van der Waals surface area contributed by atoms with Crippen molar-refractivity contribution in [3.8, 4) is 0 Å². The van der Waals surface area contributed by atoms with Crippen molar-refractivity contribution in [1.29, 1.82) is 0 Å². The molecule has 2 N–H and O–H groups in total. The smallest absolute Gasteiger partial charge is 0.380 e. The highest BCUT2D eigenvalue weighted by Gasteiger charge is 2.54. The summed E-state index contributed by atoms with van der Waals surface area (Å²) in [5, 5.41) is 16.3. The number of hydrogen-bond donors (Lipinski definition) is 2. The number of hydrogen-bond acceptors (Lipinski definition) is 3. The van der Waals surface area contributed by atoms with Crippen molar-refractivity contribution < 1.29 is 23.1 Å². The van der Waals surface area contributed by atoms with Gasteiger partial charge in [0.1, 0.15) is 0 Å². The Morgan fingerprint density at radius 2 is 2.14 bits per heavy atom. The molecule has 2 rings (SSSR count). The molecule has 0 radical (unpaired) electrons. The highest BCUT2D eigenvalue weighted by molar-refractivity contribution is 7.07. The normalized spacial score (nSPS) is 19.8. The number of carbonyl (C=O) groups is 1. The van der Waals surface area contributed by atoms with Crippen LogP contribution in [0.1, 0.15) is 25.3 Å². The van der Waals surface area contributed by atoms with Crippen molar-refractivity contribution in [3.05, 3.63) is 22.4 Å². The van der Waals surface area contributed by atoms with Gasteiger partial charge in [-0.25, -0.2) is 4.79 Å². The second kappa shape index (κ2) is 6.45. The molecule has 0 spiro atoms. The van der Waals surface area contributed by atoms with Gasteiger partial charge in [-0.05, 0) is 35.7 Å². The van der Waals surface area contributed by atoms with Crippen LogP contribution in [-0.4, -0.2) is 46.9 Å². The lowest BCUT2D eigenvalue weighted by Crippen LogP contribution is -2.56. The standard InChI is InChI=1S/C14H19F3N2O2S/c1-10(8-11-2-7-22-9-11)18-12(20)19-5-3-13(21,4-6-19)14(15,16)17/h2,7,9-10,21H,3-6,8H2,1H3,(H,18,20)/t10-/m0/s1. The number of nitrogens with zero attached hydrogens (tertiary/aromatic N) is 1. The number of thiophene rings is 1. The van der Waals surface area contributed by atoms with E-state index in [1.165, 1.54) is 4.90 Å². The van der Waals surface area contributed by atoms with Gasteiger partial charge in [0.25, 0.3) is 0 Å². The van der Waals surface area contributed by atoms with E-state index >= 15 is 0 Å². The number of alkyl halides is 3. The Labute approximate surface area is 130 Å². The van der Waals surface area contributed by atoms with E-state index in [0.717, 1.165) is 5.56 Å². The van der Waals surface area contributed by atoms with Crippen LogP contribution >= 0.6 is 11.3 Å². The van der Waals surface area contributed by atoms with Crippen LogP contribution in [0, 0.1) is 0 Å². The third kappa shape index (κ3) is 3.92. The summed E-state index contributed by atoms with van der Waals surface area (Å²) in [5.41, 5.74) is -1.56. The summed E-state index contributed by atoms with van der Waals surface area (Å²) in [4.78, 5) is 13.4. The molecule has 22 heavy (non-hydrogen) atoms. The molecule has 1 aromatic rings. The zero-order valence-electron chi connectivity index (χ0n) is 12.2. The predicted molar refractivity (Wildman–Crippen MR) is 77.8 cm³/mol. The summed E-state index contributed by atoms with van der Waals surface area (Å²) in [7, 11) is 0. The van der Waals surface area contributed by atoms with Gasteiger partial charge < -0.3 is 15.3 Å². The molecule has 0 bridgehead atoms. The number of amides is 2. The van der Waals surface area contributed by atoms with Crippen LogP contribution in [0.5, 0.6) is 0 Å². The molecule has 0 saturated carbocycles. The molecule has 8 heteroatoms. The van der Waals surface area contributed by atoms with Crippen LogP contribution in [0.2, 0.25) is 0 Å². The molecule has 2 amide bonds. The molecule has 0 unspecified atom stereocenters. The first-order chi connectivity index (χ1) is 10.2. The van der Waals surface area contributed by atoms with E-state index in [0.29, 0.717) is 6.42 Å². The fourth-order valence-corrected chi connectivity index (χ4v) is 3.16. The van der Waals surface area contributed by atoms with Crippen LogP contribution in [0.4, 0.5) is 18.0 Å². The van der Waals surface area contributed by atoms with E-state index in [1.807, 2.05) is 23.8 Å². The minimum absolute atomic E-state index is 0.104. The predicted octanol–water partition coefficient (Wildman–Crippen LogP) is 2.78. The van der Waals surface area contributed by atoms with Crippen molar-refractivity contribution in [3.63, 3.8) is 0 Å². The summed E-state index contributed by atoms with van der Waals surface area (Å²) in [6, 6.07) is 1.48. The van der Waals surface area contributed by atoms with Gasteiger partial charge in [-0.2, -0.15) is 24.5 Å². The summed E-state index contributed by atoms with van der Waals surface area (Å²) in [6.45, 7) is 1.64. The fourth-order valence-electron chi connectivity index (χ4n) is 2.48. The average molecular weight is 336 g/mol. The van der Waals surface area contributed by atoms with Crippen LogP contribution in [0.15, 0.2) is 16.8 Å². The SMILES string of the molecule is C[C@@H](Cc1ccsc1)NC(=O)N1CCC(O)(C(F)(F)F)CC1. The maximum Gasteiger partial charge on any atom is 0.417 e. The lowest BCUT2D eigenvalue weighted by Gasteiger charge is -2.39. The Balaban J connectivity index is 1.82. The Hall–Kier alpha value is -1.28. The van der Waals surface area contributed by atoms with Gasteiger partial charge >= 0.3 is 12.2 Å². The molecular weight excluding hydrogens is 317 g/mol. The van der Waals surface area contributed by atoms with Crippen LogP contribution in [-0.2, 0) is 6.42 Å². The number of urea groups is 1. The third-order valence-corrected chi connectivity index (χ3v) is 4.63. The largest absolute Gasteiger partial charge is 0.417 e. The van der Waals surface area contributed by atoms with Crippen LogP contribution in [0.3, 0.4) is 0 Å². The maximum absolute atomic E-state index is 12.7. The van der Waals surface area contributed by atoms with Crippen molar-refractivity contribution in [2.45, 2.75) is 44.0 Å². The van der Waals surface area contributed by atoms with Crippen molar-refractivity contribution in [1.82, 2.24) is 10.2 Å². The minimum Gasteiger partial charge on any atom is -0.380 e. The second-order valence-corrected chi connectivity index (χ2v) is 6.48. The number of halogens is 3. The summed E-state index contributed by atoms with van der Waals surface area (Å²) < 4.78 is 38.1. The highest BCUT2D eigenvalue weighted by atomic mass is 32.1.